The van der Waals surface area contributed by atoms with E-state index in [2.05, 4.69) is 16.0 Å². The zero-order chi connectivity index (χ0) is 35.5. The fourth-order valence-corrected chi connectivity index (χ4v) is 5.25. The van der Waals surface area contributed by atoms with Crippen LogP contribution in [0.2, 0.25) is 5.02 Å². The van der Waals surface area contributed by atoms with E-state index in [0.717, 1.165) is 0 Å². The van der Waals surface area contributed by atoms with Gasteiger partial charge in [0, 0.05) is 18.5 Å². The van der Waals surface area contributed by atoms with Crippen LogP contribution in [0.5, 0.6) is 23.0 Å². The van der Waals surface area contributed by atoms with Gasteiger partial charge in [-0.3, -0.25) is 19.2 Å². The number of hydrogen-bond acceptors (Lipinski definition) is 7. The summed E-state index contributed by atoms with van der Waals surface area (Å²) in [6.07, 6.45) is 0.212. The second kappa shape index (κ2) is 17.5. The molecule has 1 aliphatic heterocycles. The number of carbonyl (C=O) groups is 4. The second-order valence-corrected chi connectivity index (χ2v) is 12.7. The van der Waals surface area contributed by atoms with Gasteiger partial charge in [-0.25, -0.2) is 4.39 Å². The van der Waals surface area contributed by atoms with E-state index < -0.39 is 41.7 Å². The molecule has 3 aromatic rings. The molecule has 11 nitrogen and oxygen atoms in total. The third-order valence-corrected chi connectivity index (χ3v) is 7.91. The number of benzene rings is 3. The zero-order valence-corrected chi connectivity index (χ0v) is 28.7. The molecule has 3 N–H and O–H groups in total. The normalized spacial score (nSPS) is 18.2. The lowest BCUT2D eigenvalue weighted by Crippen LogP contribution is -2.51. The molecule has 0 unspecified atom stereocenters. The molecule has 0 fully saturated rings. The maximum absolute atomic E-state index is 14.8. The van der Waals surface area contributed by atoms with Gasteiger partial charge < -0.3 is 35.1 Å². The fourth-order valence-electron chi connectivity index (χ4n) is 5.12. The molecule has 4 rings (SSSR count). The Morgan fingerprint density at radius 1 is 1.04 bits per heavy atom. The topological polar surface area (TPSA) is 135 Å². The highest BCUT2D eigenvalue weighted by Crippen LogP contribution is 2.34. The molecule has 0 spiro atoms. The minimum absolute atomic E-state index is 0.0647. The number of nitrogens with zero attached hydrogens (tertiary/aromatic N) is 1. The van der Waals surface area contributed by atoms with Gasteiger partial charge in [-0.15, -0.1) is 0 Å². The van der Waals surface area contributed by atoms with Crippen molar-refractivity contribution in [2.45, 2.75) is 58.2 Å². The lowest BCUT2D eigenvalue weighted by molar-refractivity contribution is -0.136. The van der Waals surface area contributed by atoms with Crippen molar-refractivity contribution in [3.05, 3.63) is 83.1 Å². The van der Waals surface area contributed by atoms with Gasteiger partial charge in [0.05, 0.1) is 18.2 Å². The molecule has 4 amide bonds. The predicted octanol–water partition coefficient (Wildman–Crippen LogP) is 5.12. The van der Waals surface area contributed by atoms with Crippen molar-refractivity contribution in [1.82, 2.24) is 20.9 Å². The molecule has 0 radical (unpaired) electrons. The van der Waals surface area contributed by atoms with Crippen LogP contribution >= 0.6 is 11.6 Å². The van der Waals surface area contributed by atoms with Crippen molar-refractivity contribution in [2.24, 2.45) is 5.92 Å². The van der Waals surface area contributed by atoms with Gasteiger partial charge >= 0.3 is 0 Å². The molecule has 1 heterocycles. The summed E-state index contributed by atoms with van der Waals surface area (Å²) in [6.45, 7) is 5.75. The number of ether oxygens (including phenoxy) is 3. The van der Waals surface area contributed by atoms with Crippen molar-refractivity contribution >= 4 is 35.2 Å². The Bertz CT molecular complexity index is 1620. The van der Waals surface area contributed by atoms with Crippen molar-refractivity contribution in [3.8, 4) is 23.0 Å². The summed E-state index contributed by atoms with van der Waals surface area (Å²) in [5.74, 6) is -1.71. The van der Waals surface area contributed by atoms with Gasteiger partial charge in [-0.05, 0) is 74.2 Å². The number of nitrogens with one attached hydrogen (secondary N) is 3. The molecule has 1 aliphatic rings. The maximum atomic E-state index is 14.8. The number of halogens is 2. The highest BCUT2D eigenvalue weighted by molar-refractivity contribution is 6.30. The first-order chi connectivity index (χ1) is 23.4. The monoisotopic (exact) mass is 696 g/mol. The number of carbonyl (C=O) groups excluding carboxylic acids is 4. The van der Waals surface area contributed by atoms with Crippen LogP contribution in [0, 0.1) is 11.7 Å². The van der Waals surface area contributed by atoms with Gasteiger partial charge in [-0.2, -0.15) is 0 Å². The van der Waals surface area contributed by atoms with E-state index in [9.17, 15) is 23.6 Å². The summed E-state index contributed by atoms with van der Waals surface area (Å²) in [5.41, 5.74) is 0.190. The van der Waals surface area contributed by atoms with E-state index in [1.165, 1.54) is 17.0 Å². The third-order valence-electron chi connectivity index (χ3n) is 7.65. The number of hydrogen-bond donors (Lipinski definition) is 3. The molecular formula is C36H42ClFN4O7. The molecule has 262 valence electrons. The van der Waals surface area contributed by atoms with Crippen molar-refractivity contribution in [2.75, 3.05) is 26.8 Å². The van der Waals surface area contributed by atoms with E-state index in [0.29, 0.717) is 17.2 Å². The van der Waals surface area contributed by atoms with Gasteiger partial charge in [0.25, 0.3) is 5.91 Å². The van der Waals surface area contributed by atoms with E-state index in [1.807, 2.05) is 13.8 Å². The molecule has 0 saturated heterocycles. The van der Waals surface area contributed by atoms with Crippen LogP contribution in [-0.2, 0) is 14.4 Å². The van der Waals surface area contributed by atoms with Crippen LogP contribution in [0.3, 0.4) is 0 Å². The summed E-state index contributed by atoms with van der Waals surface area (Å²) in [5, 5.41) is 8.84. The number of rotatable bonds is 9. The lowest BCUT2D eigenvalue weighted by atomic mass is 10.0. The number of para-hydroxylation sites is 2. The summed E-state index contributed by atoms with van der Waals surface area (Å²) in [4.78, 5) is 54.8. The summed E-state index contributed by atoms with van der Waals surface area (Å²) < 4.78 is 32.3. The molecule has 0 aromatic heterocycles. The molecule has 3 aromatic carbocycles. The Kier molecular flexibility index (Phi) is 13.2. The zero-order valence-electron chi connectivity index (χ0n) is 28.0. The Labute approximate surface area is 290 Å². The quantitative estimate of drug-likeness (QED) is 0.283. The van der Waals surface area contributed by atoms with E-state index >= 15 is 0 Å². The Morgan fingerprint density at radius 3 is 2.51 bits per heavy atom. The van der Waals surface area contributed by atoms with Crippen LogP contribution in [-0.4, -0.2) is 73.5 Å². The van der Waals surface area contributed by atoms with Crippen LogP contribution in [0.4, 0.5) is 4.39 Å². The smallest absolute Gasteiger partial charge is 0.255 e. The molecule has 0 bridgehead atoms. The third kappa shape index (κ3) is 10.8. The number of fused-ring (bicyclic) bond motifs is 1. The first-order valence-corrected chi connectivity index (χ1v) is 16.5. The second-order valence-electron chi connectivity index (χ2n) is 12.3. The lowest BCUT2D eigenvalue weighted by Gasteiger charge is -2.26. The summed E-state index contributed by atoms with van der Waals surface area (Å²) >= 11 is 5.95. The largest absolute Gasteiger partial charge is 0.491 e. The first kappa shape index (κ1) is 37.0. The average Bonchev–Trinajstić information content (AvgIpc) is 3.06. The molecule has 13 heteroatoms. The Hall–Kier alpha value is -4.84. The number of amides is 4. The van der Waals surface area contributed by atoms with Crippen molar-refractivity contribution in [3.63, 3.8) is 0 Å². The molecule has 3 atom stereocenters. The van der Waals surface area contributed by atoms with E-state index in [-0.39, 0.29) is 67.2 Å². The van der Waals surface area contributed by atoms with Gasteiger partial charge in [0.15, 0.2) is 17.3 Å². The highest BCUT2D eigenvalue weighted by Gasteiger charge is 2.29. The first-order valence-electron chi connectivity index (χ1n) is 16.1. The van der Waals surface area contributed by atoms with Gasteiger partial charge in [-0.1, -0.05) is 43.6 Å². The van der Waals surface area contributed by atoms with Gasteiger partial charge in [0.1, 0.15) is 36.8 Å². The summed E-state index contributed by atoms with van der Waals surface area (Å²) in [6, 6.07) is 14.8. The molecule has 0 aliphatic carbocycles. The minimum atomic E-state index is -1.14. The average molecular weight is 697 g/mol. The highest BCUT2D eigenvalue weighted by atomic mass is 35.5. The SMILES string of the molecule is CC(C)C[C@@H]1NC(=O)CC[C@@H](C(=O)N[C@H](C)COc2c(F)cccc2Oc2ccc(Cl)cc2)NC(=O)c2ccccc2OCCN(C)C1=O. The molecule has 49 heavy (non-hydrogen) atoms. The fraction of sp³-hybridized carbons (Fsp3) is 0.389. The van der Waals surface area contributed by atoms with Crippen LogP contribution < -0.4 is 30.2 Å². The van der Waals surface area contributed by atoms with E-state index in [4.69, 9.17) is 25.8 Å². The molecule has 0 saturated carbocycles. The Balaban J connectivity index is 1.49. The standard InChI is InChI=1S/C36H42ClFN4O7/c1-22(2)20-29-36(46)42(4)18-19-47-30-10-6-5-8-26(30)34(44)41-28(16-17-32(43)40-29)35(45)39-23(3)21-48-33-27(38)9-7-11-31(33)49-25-14-12-24(37)13-15-25/h5-15,22-23,28-29H,16-21H2,1-4H3,(H,39,45)(H,40,43)(H,41,44)/t23-,28+,29+/m1/s1. The van der Waals surface area contributed by atoms with E-state index in [1.54, 1.807) is 68.6 Å². The van der Waals surface area contributed by atoms with Crippen LogP contribution in [0.25, 0.3) is 0 Å². The van der Waals surface area contributed by atoms with Gasteiger partial charge in [0.2, 0.25) is 17.7 Å². The minimum Gasteiger partial charge on any atom is -0.491 e. The maximum Gasteiger partial charge on any atom is 0.255 e. The van der Waals surface area contributed by atoms with Crippen LogP contribution in [0.1, 0.15) is 50.4 Å². The van der Waals surface area contributed by atoms with Crippen molar-refractivity contribution < 1.29 is 37.8 Å². The predicted molar refractivity (Wildman–Crippen MR) is 182 cm³/mol. The Morgan fingerprint density at radius 2 is 1.78 bits per heavy atom. The summed E-state index contributed by atoms with van der Waals surface area (Å²) in [7, 11) is 1.63. The van der Waals surface area contributed by atoms with Crippen molar-refractivity contribution in [1.29, 1.82) is 0 Å². The number of likely N-dealkylation sites (N-methyl/N-ethyl adjacent to an activating group) is 1. The molecular weight excluding hydrogens is 655 g/mol. The van der Waals surface area contributed by atoms with Crippen LogP contribution in [0.15, 0.2) is 66.7 Å².